The second kappa shape index (κ2) is 2.37. The highest BCUT2D eigenvalue weighted by Crippen LogP contribution is 2.34. The van der Waals surface area contributed by atoms with E-state index in [0.29, 0.717) is 13.3 Å². The average Bonchev–Trinajstić information content (AvgIpc) is 2.42. The van der Waals surface area contributed by atoms with E-state index in [1.807, 2.05) is 11.8 Å². The lowest BCUT2D eigenvalue weighted by Crippen LogP contribution is -2.46. The summed E-state index contributed by atoms with van der Waals surface area (Å²) in [4.78, 5) is 2.21. The van der Waals surface area contributed by atoms with Crippen molar-refractivity contribution < 1.29 is 9.84 Å². The number of fused-ring (bicyclic) bond motifs is 1. The Balaban J connectivity index is 2.15. The first-order chi connectivity index (χ1) is 4.87. The van der Waals surface area contributed by atoms with Crippen molar-refractivity contribution in [3.8, 4) is 0 Å². The first kappa shape index (κ1) is 6.91. The van der Waals surface area contributed by atoms with Crippen LogP contribution in [0, 0.1) is 0 Å². The molecule has 0 bridgehead atoms. The van der Waals surface area contributed by atoms with Crippen LogP contribution in [0.3, 0.4) is 0 Å². The van der Waals surface area contributed by atoms with Gasteiger partial charge in [0.1, 0.15) is 6.73 Å². The Morgan fingerprint density at radius 3 is 3.30 bits per heavy atom. The van der Waals surface area contributed by atoms with E-state index in [9.17, 15) is 0 Å². The molecule has 2 aliphatic heterocycles. The maximum atomic E-state index is 9.09. The van der Waals surface area contributed by atoms with Gasteiger partial charge in [0.05, 0.1) is 18.8 Å². The van der Waals surface area contributed by atoms with E-state index in [-0.39, 0.29) is 12.1 Å². The van der Waals surface area contributed by atoms with E-state index in [2.05, 4.69) is 4.90 Å². The Labute approximate surface area is 64.3 Å². The molecule has 3 nitrogen and oxygen atoms in total. The van der Waals surface area contributed by atoms with Crippen molar-refractivity contribution >= 4 is 11.8 Å². The normalized spacial score (nSPS) is 40.5. The van der Waals surface area contributed by atoms with E-state index in [1.54, 1.807) is 0 Å². The Bertz CT molecular complexity index is 132. The lowest BCUT2D eigenvalue weighted by atomic mass is 10.1. The maximum absolute atomic E-state index is 9.09. The Morgan fingerprint density at radius 1 is 1.70 bits per heavy atom. The van der Waals surface area contributed by atoms with Gasteiger partial charge in [0, 0.05) is 11.6 Å². The third-order valence-corrected chi connectivity index (χ3v) is 3.44. The van der Waals surface area contributed by atoms with Crippen molar-refractivity contribution in [3.63, 3.8) is 0 Å². The van der Waals surface area contributed by atoms with Gasteiger partial charge in [-0.2, -0.15) is 0 Å². The zero-order valence-corrected chi connectivity index (χ0v) is 6.56. The first-order valence-corrected chi connectivity index (χ1v) is 4.54. The molecule has 2 rings (SSSR count). The van der Waals surface area contributed by atoms with Gasteiger partial charge in [-0.3, -0.25) is 4.90 Å². The summed E-state index contributed by atoms with van der Waals surface area (Å²) in [5.74, 6) is 2.03. The molecule has 0 aliphatic carbocycles. The molecule has 2 aliphatic rings. The predicted octanol–water partition coefficient (Wildman–Crippen LogP) is -0.288. The standard InChI is InChI=1S/C6H11NO2S/c8-1-6-2-9-4-7(6)5-10-3-6/h8H,1-5H2/t6-/m1/s1. The molecule has 0 saturated carbocycles. The molecule has 1 N–H and O–H groups in total. The van der Waals surface area contributed by atoms with Crippen molar-refractivity contribution in [2.75, 3.05) is 31.6 Å². The summed E-state index contributed by atoms with van der Waals surface area (Å²) in [6.07, 6.45) is 0. The third kappa shape index (κ3) is 0.797. The van der Waals surface area contributed by atoms with Crippen LogP contribution in [0.15, 0.2) is 0 Å². The first-order valence-electron chi connectivity index (χ1n) is 3.39. The van der Waals surface area contributed by atoms with Gasteiger partial charge < -0.3 is 9.84 Å². The maximum Gasteiger partial charge on any atom is 0.100 e. The molecule has 58 valence electrons. The highest BCUT2D eigenvalue weighted by Gasteiger charge is 2.45. The van der Waals surface area contributed by atoms with Gasteiger partial charge in [0.2, 0.25) is 0 Å². The summed E-state index contributed by atoms with van der Waals surface area (Å²) in [7, 11) is 0. The van der Waals surface area contributed by atoms with Crippen molar-refractivity contribution in [2.24, 2.45) is 0 Å². The van der Waals surface area contributed by atoms with E-state index in [4.69, 9.17) is 9.84 Å². The molecule has 10 heavy (non-hydrogen) atoms. The van der Waals surface area contributed by atoms with E-state index in [1.165, 1.54) is 0 Å². The summed E-state index contributed by atoms with van der Waals surface area (Å²) >= 11 is 1.88. The van der Waals surface area contributed by atoms with Gasteiger partial charge >= 0.3 is 0 Å². The summed E-state index contributed by atoms with van der Waals surface area (Å²) in [5, 5.41) is 9.09. The molecule has 0 unspecified atom stereocenters. The van der Waals surface area contributed by atoms with Gasteiger partial charge in [-0.25, -0.2) is 0 Å². The molecule has 0 aromatic carbocycles. The van der Waals surface area contributed by atoms with Crippen molar-refractivity contribution in [3.05, 3.63) is 0 Å². The molecule has 2 saturated heterocycles. The monoisotopic (exact) mass is 161 g/mol. The van der Waals surface area contributed by atoms with Crippen LogP contribution >= 0.6 is 11.8 Å². The van der Waals surface area contributed by atoms with Crippen LogP contribution in [-0.4, -0.2) is 47.1 Å². The van der Waals surface area contributed by atoms with Crippen LogP contribution in [0.4, 0.5) is 0 Å². The zero-order valence-electron chi connectivity index (χ0n) is 5.75. The molecule has 0 amide bonds. The van der Waals surface area contributed by atoms with E-state index in [0.717, 1.165) is 11.6 Å². The predicted molar refractivity (Wildman–Crippen MR) is 39.8 cm³/mol. The molecule has 0 aromatic heterocycles. The number of thioether (sulfide) groups is 1. The quantitative estimate of drug-likeness (QED) is 0.573. The lowest BCUT2D eigenvalue weighted by Gasteiger charge is -2.25. The highest BCUT2D eigenvalue weighted by molar-refractivity contribution is 7.99. The van der Waals surface area contributed by atoms with Crippen LogP contribution < -0.4 is 0 Å². The van der Waals surface area contributed by atoms with Crippen LogP contribution in [0.5, 0.6) is 0 Å². The van der Waals surface area contributed by atoms with Crippen LogP contribution in [0.1, 0.15) is 0 Å². The highest BCUT2D eigenvalue weighted by atomic mass is 32.2. The summed E-state index contributed by atoms with van der Waals surface area (Å²) in [6.45, 7) is 1.64. The lowest BCUT2D eigenvalue weighted by molar-refractivity contribution is 0.117. The largest absolute Gasteiger partial charge is 0.394 e. The second-order valence-corrected chi connectivity index (χ2v) is 3.83. The molecule has 1 atom stereocenters. The smallest absolute Gasteiger partial charge is 0.100 e. The number of aliphatic hydroxyl groups excluding tert-OH is 1. The van der Waals surface area contributed by atoms with E-state index < -0.39 is 0 Å². The molecule has 0 radical (unpaired) electrons. The molecule has 0 aromatic rings. The number of hydrogen-bond donors (Lipinski definition) is 1. The van der Waals surface area contributed by atoms with Gasteiger partial charge in [-0.1, -0.05) is 0 Å². The molecular formula is C6H11NO2S. The SMILES string of the molecule is OC[C@]12COCN1CSC2. The van der Waals surface area contributed by atoms with Gasteiger partial charge in [-0.15, -0.1) is 11.8 Å². The summed E-state index contributed by atoms with van der Waals surface area (Å²) < 4.78 is 5.26. The zero-order chi connectivity index (χ0) is 7.03. The molecule has 0 spiro atoms. The number of rotatable bonds is 1. The average molecular weight is 161 g/mol. The van der Waals surface area contributed by atoms with Crippen molar-refractivity contribution in [2.45, 2.75) is 5.54 Å². The number of nitrogens with zero attached hydrogens (tertiary/aromatic N) is 1. The minimum Gasteiger partial charge on any atom is -0.394 e. The van der Waals surface area contributed by atoms with Gasteiger partial charge in [0.25, 0.3) is 0 Å². The molecule has 2 fully saturated rings. The fraction of sp³-hybridized carbons (Fsp3) is 1.00. The molecule has 4 heteroatoms. The van der Waals surface area contributed by atoms with Crippen LogP contribution in [0.2, 0.25) is 0 Å². The van der Waals surface area contributed by atoms with E-state index >= 15 is 0 Å². The fourth-order valence-corrected chi connectivity index (χ4v) is 2.82. The number of ether oxygens (including phenoxy) is 1. The van der Waals surface area contributed by atoms with Gasteiger partial charge in [0.15, 0.2) is 0 Å². The topological polar surface area (TPSA) is 32.7 Å². The van der Waals surface area contributed by atoms with Crippen LogP contribution in [0.25, 0.3) is 0 Å². The molecular weight excluding hydrogens is 150 g/mol. The summed E-state index contributed by atoms with van der Waals surface area (Å²) in [5.41, 5.74) is -0.0231. The minimum absolute atomic E-state index is 0.0231. The fourth-order valence-electron chi connectivity index (χ4n) is 1.42. The number of hydrogen-bond acceptors (Lipinski definition) is 4. The van der Waals surface area contributed by atoms with Crippen molar-refractivity contribution in [1.29, 1.82) is 0 Å². The molecule has 2 heterocycles. The van der Waals surface area contributed by atoms with Gasteiger partial charge in [-0.05, 0) is 0 Å². The number of aliphatic hydroxyl groups is 1. The van der Waals surface area contributed by atoms with Crippen molar-refractivity contribution in [1.82, 2.24) is 4.90 Å². The van der Waals surface area contributed by atoms with Crippen LogP contribution in [-0.2, 0) is 4.74 Å². The second-order valence-electron chi connectivity index (χ2n) is 2.88. The Morgan fingerprint density at radius 2 is 2.60 bits per heavy atom. The minimum atomic E-state index is -0.0231. The summed E-state index contributed by atoms with van der Waals surface area (Å²) in [6, 6.07) is 0. The Hall–Kier alpha value is 0.230. The Kier molecular flexibility index (Phi) is 1.64. The third-order valence-electron chi connectivity index (χ3n) is 2.20.